The molecule has 0 bridgehead atoms. The molecule has 1 amide bonds. The summed E-state index contributed by atoms with van der Waals surface area (Å²) >= 11 is 3.07. The summed E-state index contributed by atoms with van der Waals surface area (Å²) in [5.41, 5.74) is 0.626. The van der Waals surface area contributed by atoms with Gasteiger partial charge in [0.1, 0.15) is 5.82 Å². The predicted octanol–water partition coefficient (Wildman–Crippen LogP) is 2.41. The molecule has 0 aliphatic heterocycles. The molecule has 1 heterocycles. The molecule has 0 radical (unpaired) electrons. The van der Waals surface area contributed by atoms with Crippen LogP contribution in [0.3, 0.4) is 0 Å². The maximum Gasteiger partial charge on any atom is 0.279 e. The first-order chi connectivity index (χ1) is 9.04. The molecule has 100 valence electrons. The molecular weight excluding hydrogens is 317 g/mol. The molecule has 0 atom stereocenters. The Kier molecular flexibility index (Phi) is 3.96. The third-order valence-electron chi connectivity index (χ3n) is 2.58. The van der Waals surface area contributed by atoms with Crippen LogP contribution in [-0.2, 0) is 4.84 Å². The third kappa shape index (κ3) is 2.66. The Balaban J connectivity index is 2.59. The highest BCUT2D eigenvalue weighted by atomic mass is 79.9. The van der Waals surface area contributed by atoms with Gasteiger partial charge in [0.25, 0.3) is 5.91 Å². The predicted molar refractivity (Wildman–Crippen MR) is 70.3 cm³/mol. The van der Waals surface area contributed by atoms with Gasteiger partial charge in [0.15, 0.2) is 0 Å². The molecule has 7 heteroatoms. The minimum absolute atomic E-state index is 0.205. The van der Waals surface area contributed by atoms with Crippen LogP contribution in [-0.4, -0.2) is 34.9 Å². The molecule has 0 aliphatic carbocycles. The second-order valence-electron chi connectivity index (χ2n) is 3.72. The average molecular weight is 328 g/mol. The van der Waals surface area contributed by atoms with E-state index in [1.807, 2.05) is 0 Å². The van der Waals surface area contributed by atoms with Crippen molar-refractivity contribution in [3.63, 3.8) is 0 Å². The van der Waals surface area contributed by atoms with Gasteiger partial charge < -0.3 is 0 Å². The smallest absolute Gasteiger partial charge is 0.274 e. The van der Waals surface area contributed by atoms with Gasteiger partial charge in [0.05, 0.1) is 22.8 Å². The maximum atomic E-state index is 13.7. The number of carbonyl (C=O) groups is 1. The first-order valence-electron chi connectivity index (χ1n) is 5.36. The van der Waals surface area contributed by atoms with Crippen LogP contribution in [0, 0.1) is 5.82 Å². The van der Waals surface area contributed by atoms with E-state index < -0.39 is 11.7 Å². The number of amides is 1. The number of benzene rings is 1. The number of halogens is 2. The lowest BCUT2D eigenvalue weighted by atomic mass is 10.1. The zero-order chi connectivity index (χ0) is 14.0. The Morgan fingerprint density at radius 1 is 1.53 bits per heavy atom. The molecule has 19 heavy (non-hydrogen) atoms. The molecule has 2 aromatic rings. The van der Waals surface area contributed by atoms with Crippen molar-refractivity contribution in [2.24, 2.45) is 0 Å². The van der Waals surface area contributed by atoms with Crippen LogP contribution in [0.25, 0.3) is 5.69 Å². The Hall–Kier alpha value is -1.73. The van der Waals surface area contributed by atoms with Gasteiger partial charge in [0, 0.05) is 25.5 Å². The van der Waals surface area contributed by atoms with Gasteiger partial charge in [-0.1, -0.05) is 0 Å². The summed E-state index contributed by atoms with van der Waals surface area (Å²) in [5.74, 6) is -0.865. The highest BCUT2D eigenvalue weighted by molar-refractivity contribution is 9.10. The van der Waals surface area contributed by atoms with Crippen LogP contribution in [0.2, 0.25) is 0 Å². The van der Waals surface area contributed by atoms with Crippen molar-refractivity contribution in [3.8, 4) is 5.69 Å². The number of carbonyl (C=O) groups excluding carboxylic acids is 1. The Labute approximate surface area is 117 Å². The largest absolute Gasteiger partial charge is 0.279 e. The lowest BCUT2D eigenvalue weighted by Gasteiger charge is -2.16. The van der Waals surface area contributed by atoms with E-state index in [-0.39, 0.29) is 10.0 Å². The molecule has 1 aromatic carbocycles. The van der Waals surface area contributed by atoms with Gasteiger partial charge in [-0.15, -0.1) is 0 Å². The van der Waals surface area contributed by atoms with Crippen LogP contribution in [0.1, 0.15) is 10.4 Å². The van der Waals surface area contributed by atoms with Crippen LogP contribution in [0.5, 0.6) is 0 Å². The van der Waals surface area contributed by atoms with Gasteiger partial charge in [-0.05, 0) is 28.1 Å². The van der Waals surface area contributed by atoms with Crippen LogP contribution < -0.4 is 0 Å². The standard InChI is InChI=1S/C12H11BrFN3O2/c1-16(19-2)12(18)8-6-9(13)10(14)7-11(8)17-5-3-4-15-17/h3-7H,1-2H3. The summed E-state index contributed by atoms with van der Waals surface area (Å²) in [6.45, 7) is 0. The van der Waals surface area contributed by atoms with Crippen molar-refractivity contribution in [1.82, 2.24) is 14.8 Å². The number of nitrogens with zero attached hydrogens (tertiary/aromatic N) is 3. The lowest BCUT2D eigenvalue weighted by Crippen LogP contribution is -2.26. The first kappa shape index (κ1) is 13.7. The molecule has 0 unspecified atom stereocenters. The molecule has 2 rings (SSSR count). The molecule has 0 saturated heterocycles. The van der Waals surface area contributed by atoms with E-state index in [9.17, 15) is 9.18 Å². The molecule has 0 N–H and O–H groups in total. The summed E-state index contributed by atoms with van der Waals surface area (Å²) in [7, 11) is 2.86. The van der Waals surface area contributed by atoms with E-state index in [4.69, 9.17) is 4.84 Å². The fourth-order valence-electron chi connectivity index (χ4n) is 1.56. The quantitative estimate of drug-likeness (QED) is 0.813. The fourth-order valence-corrected chi connectivity index (χ4v) is 1.90. The van der Waals surface area contributed by atoms with E-state index >= 15 is 0 Å². The molecule has 0 saturated carbocycles. The van der Waals surface area contributed by atoms with Gasteiger partial charge in [0.2, 0.25) is 0 Å². The molecule has 1 aromatic heterocycles. The Morgan fingerprint density at radius 2 is 2.26 bits per heavy atom. The summed E-state index contributed by atoms with van der Waals surface area (Å²) in [5, 5.41) is 5.07. The highest BCUT2D eigenvalue weighted by Crippen LogP contribution is 2.24. The summed E-state index contributed by atoms with van der Waals surface area (Å²) in [6, 6.07) is 4.34. The lowest BCUT2D eigenvalue weighted by molar-refractivity contribution is -0.0757. The van der Waals surface area contributed by atoms with Gasteiger partial charge in [-0.25, -0.2) is 14.1 Å². The van der Waals surface area contributed by atoms with Crippen molar-refractivity contribution in [1.29, 1.82) is 0 Å². The van der Waals surface area contributed by atoms with Crippen molar-refractivity contribution >= 4 is 21.8 Å². The number of rotatable bonds is 3. The maximum absolute atomic E-state index is 13.7. The Morgan fingerprint density at radius 3 is 2.84 bits per heavy atom. The summed E-state index contributed by atoms with van der Waals surface area (Å²) in [6.07, 6.45) is 3.18. The van der Waals surface area contributed by atoms with E-state index in [0.717, 1.165) is 5.06 Å². The first-order valence-corrected chi connectivity index (χ1v) is 6.15. The van der Waals surface area contributed by atoms with E-state index in [0.29, 0.717) is 5.69 Å². The number of hydrogen-bond donors (Lipinski definition) is 0. The minimum atomic E-state index is -0.470. The molecule has 5 nitrogen and oxygen atoms in total. The summed E-state index contributed by atoms with van der Waals surface area (Å²) in [4.78, 5) is 17.0. The van der Waals surface area contributed by atoms with Crippen molar-refractivity contribution in [2.75, 3.05) is 14.2 Å². The zero-order valence-electron chi connectivity index (χ0n) is 10.3. The van der Waals surface area contributed by atoms with Crippen molar-refractivity contribution in [2.45, 2.75) is 0 Å². The van der Waals surface area contributed by atoms with E-state index in [1.54, 1.807) is 18.5 Å². The van der Waals surface area contributed by atoms with Crippen molar-refractivity contribution < 1.29 is 14.0 Å². The SMILES string of the molecule is CON(C)C(=O)c1cc(Br)c(F)cc1-n1cccn1. The average Bonchev–Trinajstić information content (AvgIpc) is 2.93. The number of hydroxylamine groups is 2. The van der Waals surface area contributed by atoms with Gasteiger partial charge in [-0.2, -0.15) is 5.10 Å². The second kappa shape index (κ2) is 5.50. The fraction of sp³-hybridized carbons (Fsp3) is 0.167. The molecular formula is C12H11BrFN3O2. The third-order valence-corrected chi connectivity index (χ3v) is 3.19. The van der Waals surface area contributed by atoms with Crippen LogP contribution in [0.15, 0.2) is 35.1 Å². The molecule has 0 fully saturated rings. The van der Waals surface area contributed by atoms with E-state index in [1.165, 1.54) is 31.0 Å². The van der Waals surface area contributed by atoms with Gasteiger partial charge in [-0.3, -0.25) is 9.63 Å². The molecule has 0 aliphatic rings. The van der Waals surface area contributed by atoms with Crippen LogP contribution in [0.4, 0.5) is 4.39 Å². The topological polar surface area (TPSA) is 47.4 Å². The summed E-state index contributed by atoms with van der Waals surface area (Å²) < 4.78 is 15.3. The number of hydrogen-bond acceptors (Lipinski definition) is 3. The van der Waals surface area contributed by atoms with Crippen molar-refractivity contribution in [3.05, 3.63) is 46.4 Å². The zero-order valence-corrected chi connectivity index (χ0v) is 11.9. The van der Waals surface area contributed by atoms with Gasteiger partial charge >= 0.3 is 0 Å². The number of aromatic nitrogens is 2. The minimum Gasteiger partial charge on any atom is -0.274 e. The molecule has 0 spiro atoms. The van der Waals surface area contributed by atoms with E-state index in [2.05, 4.69) is 21.0 Å². The van der Waals surface area contributed by atoms with Crippen LogP contribution >= 0.6 is 15.9 Å². The normalized spacial score (nSPS) is 10.5. The highest BCUT2D eigenvalue weighted by Gasteiger charge is 2.19. The second-order valence-corrected chi connectivity index (χ2v) is 4.57. The monoisotopic (exact) mass is 327 g/mol. The Bertz CT molecular complexity index is 601.